The molecule has 0 heterocycles. The van der Waals surface area contributed by atoms with Crippen molar-refractivity contribution in [2.45, 2.75) is 19.3 Å². The maximum absolute atomic E-state index is 12.6. The zero-order valence-corrected chi connectivity index (χ0v) is 17.4. The molecule has 7 nitrogen and oxygen atoms in total. The van der Waals surface area contributed by atoms with Crippen molar-refractivity contribution in [3.63, 3.8) is 0 Å². The molecule has 0 saturated heterocycles. The minimum absolute atomic E-state index is 0.0841. The third kappa shape index (κ3) is 4.23. The van der Waals surface area contributed by atoms with Gasteiger partial charge in [-0.1, -0.05) is 54.6 Å². The molecule has 0 bridgehead atoms. The first-order valence-electron chi connectivity index (χ1n) is 10.2. The molecular formula is C24H22BNO6. The molecule has 8 heteroatoms. The van der Waals surface area contributed by atoms with Crippen LogP contribution in [0.3, 0.4) is 0 Å². The zero-order valence-electron chi connectivity index (χ0n) is 17.4. The highest BCUT2D eigenvalue weighted by atomic mass is 16.5. The van der Waals surface area contributed by atoms with Gasteiger partial charge in [-0.3, -0.25) is 10.1 Å². The van der Waals surface area contributed by atoms with Gasteiger partial charge in [-0.05, 0) is 51.8 Å². The number of hydrogen-bond acceptors (Lipinski definition) is 5. The van der Waals surface area contributed by atoms with E-state index in [1.165, 1.54) is 12.1 Å². The van der Waals surface area contributed by atoms with E-state index >= 15 is 0 Å². The third-order valence-electron chi connectivity index (χ3n) is 5.76. The Kier molecular flexibility index (Phi) is 5.98. The van der Waals surface area contributed by atoms with Gasteiger partial charge in [0.2, 0.25) is 0 Å². The van der Waals surface area contributed by atoms with E-state index < -0.39 is 19.2 Å². The van der Waals surface area contributed by atoms with Crippen LogP contribution in [0.1, 0.15) is 28.2 Å². The second kappa shape index (κ2) is 8.86. The van der Waals surface area contributed by atoms with Gasteiger partial charge in [-0.25, -0.2) is 4.79 Å². The highest BCUT2D eigenvalue weighted by molar-refractivity contribution is 6.58. The first kappa shape index (κ1) is 21.6. The lowest BCUT2D eigenvalue weighted by Gasteiger charge is -2.17. The number of fused-ring (bicyclic) bond motifs is 3. The molecular weight excluding hydrogens is 409 g/mol. The molecule has 3 aromatic carbocycles. The number of benzene rings is 3. The van der Waals surface area contributed by atoms with Gasteiger partial charge < -0.3 is 19.9 Å². The van der Waals surface area contributed by atoms with E-state index in [0.717, 1.165) is 22.3 Å². The molecule has 0 aromatic heterocycles. The van der Waals surface area contributed by atoms with E-state index in [4.69, 9.17) is 9.84 Å². The molecule has 4 rings (SSSR count). The first-order chi connectivity index (χ1) is 15.3. The molecule has 1 aliphatic carbocycles. The standard InChI is InChI=1S/C24H22BNO6/c1-14-15(11-23(27)28)10-16(25(30)31)12-22(14)26-24(29)32-13-21-19-8-4-2-6-17(19)18-7-3-5-9-20(18)21/h2-10,12,21,30-31H,11,13H2,1H3,(H,26,29)(H,27,28). The summed E-state index contributed by atoms with van der Waals surface area (Å²) in [7, 11) is -1.80. The summed E-state index contributed by atoms with van der Waals surface area (Å²) < 4.78 is 5.53. The van der Waals surface area contributed by atoms with Crippen molar-refractivity contribution in [1.29, 1.82) is 0 Å². The van der Waals surface area contributed by atoms with E-state index in [1.807, 2.05) is 48.5 Å². The summed E-state index contributed by atoms with van der Waals surface area (Å²) in [4.78, 5) is 23.7. The molecule has 0 spiro atoms. The molecule has 0 saturated carbocycles. The highest BCUT2D eigenvalue weighted by Gasteiger charge is 2.29. The summed E-state index contributed by atoms with van der Waals surface area (Å²) in [5.41, 5.74) is 5.66. The van der Waals surface area contributed by atoms with Crippen LogP contribution < -0.4 is 10.8 Å². The quantitative estimate of drug-likeness (QED) is 0.446. The average Bonchev–Trinajstić information content (AvgIpc) is 3.08. The largest absolute Gasteiger partial charge is 0.488 e. The first-order valence-corrected chi connectivity index (χ1v) is 10.2. The minimum atomic E-state index is -1.80. The van der Waals surface area contributed by atoms with E-state index in [9.17, 15) is 19.6 Å². The lowest BCUT2D eigenvalue weighted by atomic mass is 9.78. The molecule has 0 fully saturated rings. The molecule has 1 aliphatic rings. The van der Waals surface area contributed by atoms with Crippen molar-refractivity contribution in [1.82, 2.24) is 0 Å². The van der Waals surface area contributed by atoms with Gasteiger partial charge in [-0.2, -0.15) is 0 Å². The van der Waals surface area contributed by atoms with Gasteiger partial charge in [0.1, 0.15) is 6.61 Å². The SMILES string of the molecule is Cc1c(CC(=O)O)cc(B(O)O)cc1NC(=O)OCC1c2ccccc2-c2ccccc21. The molecule has 0 radical (unpaired) electrons. The van der Waals surface area contributed by atoms with E-state index in [-0.39, 0.29) is 30.1 Å². The Morgan fingerprint density at radius 2 is 1.59 bits per heavy atom. The molecule has 0 unspecified atom stereocenters. The average molecular weight is 431 g/mol. The van der Waals surface area contributed by atoms with E-state index in [2.05, 4.69) is 5.32 Å². The molecule has 162 valence electrons. The van der Waals surface area contributed by atoms with Gasteiger partial charge >= 0.3 is 19.2 Å². The molecule has 32 heavy (non-hydrogen) atoms. The predicted octanol–water partition coefficient (Wildman–Crippen LogP) is 2.66. The van der Waals surface area contributed by atoms with Crippen LogP contribution >= 0.6 is 0 Å². The second-order valence-corrected chi connectivity index (χ2v) is 7.75. The predicted molar refractivity (Wildman–Crippen MR) is 121 cm³/mol. The summed E-state index contributed by atoms with van der Waals surface area (Å²) in [5.74, 6) is -1.16. The molecule has 4 N–H and O–H groups in total. The van der Waals surface area contributed by atoms with Crippen LogP contribution in [0.25, 0.3) is 11.1 Å². The van der Waals surface area contributed by atoms with Crippen LogP contribution in [0.5, 0.6) is 0 Å². The molecule has 3 aromatic rings. The lowest BCUT2D eigenvalue weighted by molar-refractivity contribution is -0.136. The number of carboxylic acid groups (broad SMARTS) is 1. The Balaban J connectivity index is 1.53. The van der Waals surface area contributed by atoms with Crippen LogP contribution in [0.15, 0.2) is 60.7 Å². The molecule has 0 atom stereocenters. The summed E-state index contributed by atoms with van der Waals surface area (Å²) in [6.07, 6.45) is -1.02. The molecule has 1 amide bonds. The summed E-state index contributed by atoms with van der Waals surface area (Å²) in [5, 5.41) is 30.8. The topological polar surface area (TPSA) is 116 Å². The number of hydrogen-bond donors (Lipinski definition) is 4. The Morgan fingerprint density at radius 1 is 1.00 bits per heavy atom. The lowest BCUT2D eigenvalue weighted by Crippen LogP contribution is -2.31. The Hall–Kier alpha value is -3.62. The number of amides is 1. The Labute approximate surface area is 185 Å². The van der Waals surface area contributed by atoms with Crippen molar-refractivity contribution in [2.75, 3.05) is 11.9 Å². The number of carbonyl (C=O) groups is 2. The third-order valence-corrected chi connectivity index (χ3v) is 5.76. The number of aliphatic carboxylic acids is 1. The summed E-state index contributed by atoms with van der Waals surface area (Å²) >= 11 is 0. The van der Waals surface area contributed by atoms with Gasteiger partial charge in [0.05, 0.1) is 6.42 Å². The fraction of sp³-hybridized carbons (Fsp3) is 0.167. The van der Waals surface area contributed by atoms with Crippen molar-refractivity contribution in [3.05, 3.63) is 82.9 Å². The number of rotatable bonds is 6. The van der Waals surface area contributed by atoms with Crippen LogP contribution in [-0.4, -0.2) is 40.9 Å². The maximum atomic E-state index is 12.6. The second-order valence-electron chi connectivity index (χ2n) is 7.75. The highest BCUT2D eigenvalue weighted by Crippen LogP contribution is 2.44. The van der Waals surface area contributed by atoms with Gasteiger partial charge in [0.15, 0.2) is 0 Å². The molecule has 0 aliphatic heterocycles. The number of carbonyl (C=O) groups excluding carboxylic acids is 1. The summed E-state index contributed by atoms with van der Waals surface area (Å²) in [6, 6.07) is 18.8. The van der Waals surface area contributed by atoms with Crippen molar-refractivity contribution >= 4 is 30.3 Å². The monoisotopic (exact) mass is 431 g/mol. The van der Waals surface area contributed by atoms with Crippen molar-refractivity contribution in [3.8, 4) is 11.1 Å². The van der Waals surface area contributed by atoms with Gasteiger partial charge in [-0.15, -0.1) is 0 Å². The summed E-state index contributed by atoms with van der Waals surface area (Å²) in [6.45, 7) is 1.79. The zero-order chi connectivity index (χ0) is 22.8. The van der Waals surface area contributed by atoms with Crippen molar-refractivity contribution in [2.24, 2.45) is 0 Å². The van der Waals surface area contributed by atoms with Crippen LogP contribution in [-0.2, 0) is 16.0 Å². The van der Waals surface area contributed by atoms with Crippen LogP contribution in [0.4, 0.5) is 10.5 Å². The van der Waals surface area contributed by atoms with Crippen LogP contribution in [0, 0.1) is 6.92 Å². The van der Waals surface area contributed by atoms with Crippen LogP contribution in [0.2, 0.25) is 0 Å². The fourth-order valence-corrected chi connectivity index (χ4v) is 4.17. The minimum Gasteiger partial charge on any atom is -0.481 e. The van der Waals surface area contributed by atoms with Gasteiger partial charge in [0, 0.05) is 11.6 Å². The Morgan fingerprint density at radius 3 is 2.16 bits per heavy atom. The van der Waals surface area contributed by atoms with E-state index in [0.29, 0.717) is 11.1 Å². The normalized spacial score (nSPS) is 12.1. The van der Waals surface area contributed by atoms with E-state index in [1.54, 1.807) is 6.92 Å². The Bertz CT molecular complexity index is 1150. The fourth-order valence-electron chi connectivity index (χ4n) is 4.17. The van der Waals surface area contributed by atoms with Gasteiger partial charge in [0.25, 0.3) is 0 Å². The smallest absolute Gasteiger partial charge is 0.481 e. The number of carboxylic acids is 1. The number of nitrogens with one attached hydrogen (secondary N) is 1. The number of anilines is 1. The van der Waals surface area contributed by atoms with Crippen molar-refractivity contribution < 1.29 is 29.5 Å². The maximum Gasteiger partial charge on any atom is 0.488 e. The number of ether oxygens (including phenoxy) is 1.